The second-order valence-corrected chi connectivity index (χ2v) is 6.76. The average molecular weight is 351 g/mol. The quantitative estimate of drug-likeness (QED) is 0.459. The topological polar surface area (TPSA) is 69.0 Å². The number of imidazole rings is 1. The van der Waals surface area contributed by atoms with Crippen LogP contribution in [0.25, 0.3) is 11.0 Å². The Kier molecular flexibility index (Phi) is 6.02. The number of nitrogens with zero attached hydrogens (tertiary/aromatic N) is 1. The van der Waals surface area contributed by atoms with E-state index in [-0.39, 0.29) is 11.5 Å². The van der Waals surface area contributed by atoms with E-state index >= 15 is 0 Å². The van der Waals surface area contributed by atoms with Crippen molar-refractivity contribution in [2.45, 2.75) is 25.7 Å². The Bertz CT molecular complexity index is 912. The van der Waals surface area contributed by atoms with E-state index in [4.69, 9.17) is 0 Å². The van der Waals surface area contributed by atoms with Crippen molar-refractivity contribution >= 4 is 16.8 Å². The zero-order valence-corrected chi connectivity index (χ0v) is 15.1. The number of aromatic amines is 2. The minimum atomic E-state index is -0.247. The Balaban J connectivity index is 1.39. The molecule has 1 aromatic heterocycles. The summed E-state index contributed by atoms with van der Waals surface area (Å²) in [7, 11) is 2.13. The third-order valence-corrected chi connectivity index (χ3v) is 4.66. The van der Waals surface area contributed by atoms with Gasteiger partial charge in [-0.05, 0) is 56.6 Å². The van der Waals surface area contributed by atoms with E-state index in [0.29, 0.717) is 17.5 Å². The highest BCUT2D eigenvalue weighted by Gasteiger charge is 2.08. The highest BCUT2D eigenvalue weighted by molar-refractivity contribution is 5.98. The number of ketones is 1. The summed E-state index contributed by atoms with van der Waals surface area (Å²) >= 11 is 0. The third-order valence-electron chi connectivity index (χ3n) is 4.66. The van der Waals surface area contributed by atoms with Crippen molar-refractivity contribution in [3.05, 3.63) is 70.1 Å². The van der Waals surface area contributed by atoms with E-state index in [1.807, 2.05) is 6.07 Å². The van der Waals surface area contributed by atoms with Crippen molar-refractivity contribution in [3.8, 4) is 0 Å². The molecule has 136 valence electrons. The van der Waals surface area contributed by atoms with Crippen LogP contribution in [-0.2, 0) is 6.42 Å². The molecule has 0 amide bonds. The highest BCUT2D eigenvalue weighted by Crippen LogP contribution is 2.13. The number of carbonyl (C=O) groups excluding carboxylic acids is 1. The third kappa shape index (κ3) is 4.92. The van der Waals surface area contributed by atoms with E-state index in [9.17, 15) is 9.59 Å². The second kappa shape index (κ2) is 8.63. The number of nitrogens with one attached hydrogen (secondary N) is 2. The lowest BCUT2D eigenvalue weighted by Crippen LogP contribution is -2.22. The van der Waals surface area contributed by atoms with Gasteiger partial charge in [-0.1, -0.05) is 30.3 Å². The monoisotopic (exact) mass is 351 g/mol. The van der Waals surface area contributed by atoms with Crippen LogP contribution < -0.4 is 5.69 Å². The maximum absolute atomic E-state index is 12.3. The van der Waals surface area contributed by atoms with E-state index in [0.717, 1.165) is 37.9 Å². The second-order valence-electron chi connectivity index (χ2n) is 6.76. The van der Waals surface area contributed by atoms with Crippen LogP contribution in [0.5, 0.6) is 0 Å². The van der Waals surface area contributed by atoms with Gasteiger partial charge in [-0.15, -0.1) is 0 Å². The minimum Gasteiger partial charge on any atom is -0.306 e. The van der Waals surface area contributed by atoms with Crippen molar-refractivity contribution in [2.24, 2.45) is 0 Å². The summed E-state index contributed by atoms with van der Waals surface area (Å²) in [6.45, 7) is 2.01. The van der Waals surface area contributed by atoms with Gasteiger partial charge >= 0.3 is 5.69 Å². The van der Waals surface area contributed by atoms with Crippen LogP contribution in [0.15, 0.2) is 53.3 Å². The van der Waals surface area contributed by atoms with E-state index < -0.39 is 0 Å². The number of rotatable bonds is 9. The number of Topliss-reactive ketones (excluding diaryl/α,β-unsaturated/α-hetero) is 1. The van der Waals surface area contributed by atoms with Gasteiger partial charge in [0.15, 0.2) is 5.78 Å². The molecular weight excluding hydrogens is 326 g/mol. The van der Waals surface area contributed by atoms with Crippen molar-refractivity contribution < 1.29 is 4.79 Å². The molecular formula is C21H25N3O2. The minimum absolute atomic E-state index is 0.126. The van der Waals surface area contributed by atoms with Crippen molar-refractivity contribution in [1.82, 2.24) is 14.9 Å². The van der Waals surface area contributed by atoms with Gasteiger partial charge in [-0.3, -0.25) is 4.79 Å². The largest absolute Gasteiger partial charge is 0.323 e. The van der Waals surface area contributed by atoms with E-state index in [1.54, 1.807) is 18.2 Å². The number of likely N-dealkylation sites (N-methyl/N-ethyl adjacent to an activating group) is 1. The number of benzene rings is 2. The maximum Gasteiger partial charge on any atom is 0.323 e. The summed E-state index contributed by atoms with van der Waals surface area (Å²) in [5.74, 6) is 0.126. The Morgan fingerprint density at radius 2 is 1.73 bits per heavy atom. The van der Waals surface area contributed by atoms with Gasteiger partial charge in [0.2, 0.25) is 0 Å². The molecule has 0 saturated heterocycles. The fourth-order valence-electron chi connectivity index (χ4n) is 3.09. The molecule has 0 spiro atoms. The number of hydrogen-bond donors (Lipinski definition) is 2. The first kappa shape index (κ1) is 18.1. The highest BCUT2D eigenvalue weighted by atomic mass is 16.1. The van der Waals surface area contributed by atoms with Gasteiger partial charge in [-0.25, -0.2) is 4.79 Å². The fourth-order valence-corrected chi connectivity index (χ4v) is 3.09. The first-order valence-electron chi connectivity index (χ1n) is 9.09. The molecule has 3 aromatic rings. The zero-order chi connectivity index (χ0) is 18.4. The first-order chi connectivity index (χ1) is 12.6. The molecule has 0 aliphatic heterocycles. The van der Waals surface area contributed by atoms with Crippen molar-refractivity contribution in [1.29, 1.82) is 0 Å². The van der Waals surface area contributed by atoms with Gasteiger partial charge in [0.25, 0.3) is 0 Å². The molecule has 2 N–H and O–H groups in total. The predicted molar refractivity (Wildman–Crippen MR) is 105 cm³/mol. The average Bonchev–Trinajstić information content (AvgIpc) is 3.03. The molecule has 0 fully saturated rings. The Morgan fingerprint density at radius 3 is 2.54 bits per heavy atom. The van der Waals surface area contributed by atoms with E-state index in [2.05, 4.69) is 46.2 Å². The van der Waals surface area contributed by atoms with E-state index in [1.165, 1.54) is 5.56 Å². The van der Waals surface area contributed by atoms with Crippen LogP contribution in [0, 0.1) is 0 Å². The molecule has 0 unspecified atom stereocenters. The first-order valence-corrected chi connectivity index (χ1v) is 9.09. The molecule has 0 bridgehead atoms. The molecule has 5 heteroatoms. The standard InChI is InChI=1S/C21H25N3O2/c1-24(14-12-16-7-3-2-4-8-16)13-6-5-9-20(25)17-10-11-18-19(15-17)23-21(26)22-18/h2-4,7-8,10-11,15H,5-6,9,12-14H2,1H3,(H2,22,23,26). The summed E-state index contributed by atoms with van der Waals surface area (Å²) < 4.78 is 0. The summed E-state index contributed by atoms with van der Waals surface area (Å²) in [4.78, 5) is 31.3. The van der Waals surface area contributed by atoms with Gasteiger partial charge in [0.1, 0.15) is 0 Å². The lowest BCUT2D eigenvalue weighted by molar-refractivity contribution is 0.0978. The molecule has 0 aliphatic rings. The summed E-state index contributed by atoms with van der Waals surface area (Å²) in [6, 6.07) is 15.8. The number of unbranched alkanes of at least 4 members (excludes halogenated alkanes) is 1. The molecule has 2 aromatic carbocycles. The van der Waals surface area contributed by atoms with Gasteiger partial charge in [-0.2, -0.15) is 0 Å². The Morgan fingerprint density at radius 1 is 0.962 bits per heavy atom. The number of carbonyl (C=O) groups is 1. The van der Waals surface area contributed by atoms with Crippen LogP contribution in [0.4, 0.5) is 0 Å². The zero-order valence-electron chi connectivity index (χ0n) is 15.1. The fraction of sp³-hybridized carbons (Fsp3) is 0.333. The molecule has 0 radical (unpaired) electrons. The van der Waals surface area contributed by atoms with Crippen molar-refractivity contribution in [3.63, 3.8) is 0 Å². The van der Waals surface area contributed by atoms with Crippen LogP contribution in [0.3, 0.4) is 0 Å². The van der Waals surface area contributed by atoms with Gasteiger partial charge < -0.3 is 14.9 Å². The van der Waals surface area contributed by atoms with Gasteiger partial charge in [0, 0.05) is 18.5 Å². The molecule has 0 aliphatic carbocycles. The number of hydrogen-bond acceptors (Lipinski definition) is 3. The molecule has 26 heavy (non-hydrogen) atoms. The summed E-state index contributed by atoms with van der Waals surface area (Å²) in [5.41, 5.74) is 3.18. The molecule has 0 saturated carbocycles. The van der Waals surface area contributed by atoms with Gasteiger partial charge in [0.05, 0.1) is 11.0 Å². The van der Waals surface area contributed by atoms with Crippen LogP contribution in [0.2, 0.25) is 0 Å². The molecule has 5 nitrogen and oxygen atoms in total. The maximum atomic E-state index is 12.3. The predicted octanol–water partition coefficient (Wildman–Crippen LogP) is 3.38. The molecule has 0 atom stereocenters. The summed E-state index contributed by atoms with van der Waals surface area (Å²) in [6.07, 6.45) is 3.45. The number of H-pyrrole nitrogens is 2. The van der Waals surface area contributed by atoms with Crippen LogP contribution >= 0.6 is 0 Å². The van der Waals surface area contributed by atoms with Crippen LogP contribution in [-0.4, -0.2) is 40.8 Å². The SMILES string of the molecule is CN(CCCCC(=O)c1ccc2[nH]c(=O)[nH]c2c1)CCc1ccccc1. The smallest absolute Gasteiger partial charge is 0.306 e. The lowest BCUT2D eigenvalue weighted by atomic mass is 10.0. The molecule has 3 rings (SSSR count). The van der Waals surface area contributed by atoms with Crippen LogP contribution in [0.1, 0.15) is 35.2 Å². The summed E-state index contributed by atoms with van der Waals surface area (Å²) in [5, 5.41) is 0. The van der Waals surface area contributed by atoms with Crippen molar-refractivity contribution in [2.75, 3.05) is 20.1 Å². The Labute approximate surface area is 153 Å². The Hall–Kier alpha value is -2.66. The normalized spacial score (nSPS) is 11.3. The lowest BCUT2D eigenvalue weighted by Gasteiger charge is -2.16. The molecule has 1 heterocycles. The number of fused-ring (bicyclic) bond motifs is 1. The number of aromatic nitrogens is 2.